The summed E-state index contributed by atoms with van der Waals surface area (Å²) in [5.41, 5.74) is 0.356. The Balaban J connectivity index is 3.17. The van der Waals surface area contributed by atoms with Crippen LogP contribution in [0.1, 0.15) is 11.1 Å². The van der Waals surface area contributed by atoms with Gasteiger partial charge in [-0.15, -0.1) is 0 Å². The molecule has 0 aliphatic rings. The van der Waals surface area contributed by atoms with Gasteiger partial charge in [0.1, 0.15) is 0 Å². The highest BCUT2D eigenvalue weighted by atomic mass is 16.6. The third kappa shape index (κ3) is 2.78. The average Bonchev–Trinajstić information content (AvgIpc) is 2.25. The SMILES string of the molecule is C=Cc1cccc(C=C(C(=O)O)[N+](=O)[O-])c1. The van der Waals surface area contributed by atoms with Gasteiger partial charge in [-0.2, -0.15) is 0 Å². The molecule has 0 heterocycles. The van der Waals surface area contributed by atoms with Crippen molar-refractivity contribution in [1.82, 2.24) is 0 Å². The second kappa shape index (κ2) is 4.88. The molecule has 0 unspecified atom stereocenters. The molecule has 0 spiro atoms. The van der Waals surface area contributed by atoms with Gasteiger partial charge in [0.25, 0.3) is 0 Å². The van der Waals surface area contributed by atoms with E-state index in [0.717, 1.165) is 11.6 Å². The number of nitrogens with zero attached hydrogens (tertiary/aromatic N) is 1. The molecule has 0 saturated carbocycles. The Bertz CT molecular complexity index is 461. The Morgan fingerprint density at radius 2 is 2.06 bits per heavy atom. The molecule has 1 N–H and O–H groups in total. The lowest BCUT2D eigenvalue weighted by Crippen LogP contribution is -2.09. The van der Waals surface area contributed by atoms with Gasteiger partial charge in [-0.25, -0.2) is 4.79 Å². The van der Waals surface area contributed by atoms with E-state index in [2.05, 4.69) is 6.58 Å². The van der Waals surface area contributed by atoms with E-state index in [1.165, 1.54) is 0 Å². The summed E-state index contributed by atoms with van der Waals surface area (Å²) < 4.78 is 0. The van der Waals surface area contributed by atoms with Crippen molar-refractivity contribution in [2.24, 2.45) is 0 Å². The normalized spacial score (nSPS) is 10.9. The maximum absolute atomic E-state index is 10.6. The zero-order chi connectivity index (χ0) is 12.1. The Morgan fingerprint density at radius 1 is 1.44 bits per heavy atom. The van der Waals surface area contributed by atoms with Crippen molar-refractivity contribution >= 4 is 18.1 Å². The predicted octanol–water partition coefficient (Wildman–Crippen LogP) is 2.03. The van der Waals surface area contributed by atoms with Crippen LogP contribution in [0.3, 0.4) is 0 Å². The molecule has 0 aliphatic carbocycles. The lowest BCUT2D eigenvalue weighted by atomic mass is 10.1. The molecule has 0 amide bonds. The Morgan fingerprint density at radius 3 is 2.56 bits per heavy atom. The number of rotatable bonds is 4. The number of nitro groups is 1. The molecule has 0 saturated heterocycles. The topological polar surface area (TPSA) is 80.4 Å². The quantitative estimate of drug-likeness (QED) is 0.477. The first-order valence-electron chi connectivity index (χ1n) is 4.36. The number of carboxylic acid groups (broad SMARTS) is 1. The number of benzene rings is 1. The lowest BCUT2D eigenvalue weighted by molar-refractivity contribution is -0.419. The Kier molecular flexibility index (Phi) is 3.55. The van der Waals surface area contributed by atoms with E-state index in [9.17, 15) is 14.9 Å². The van der Waals surface area contributed by atoms with Gasteiger partial charge in [-0.05, 0) is 17.2 Å². The minimum absolute atomic E-state index is 0.450. The zero-order valence-corrected chi connectivity index (χ0v) is 8.29. The minimum Gasteiger partial charge on any atom is -0.473 e. The van der Waals surface area contributed by atoms with Gasteiger partial charge in [0, 0.05) is 6.08 Å². The molecule has 1 aromatic rings. The molecular formula is C11H9NO4. The average molecular weight is 219 g/mol. The van der Waals surface area contributed by atoms with Crippen LogP contribution >= 0.6 is 0 Å². The first kappa shape index (κ1) is 11.6. The fourth-order valence-corrected chi connectivity index (χ4v) is 1.13. The third-order valence-electron chi connectivity index (χ3n) is 1.87. The fourth-order valence-electron chi connectivity index (χ4n) is 1.13. The van der Waals surface area contributed by atoms with Gasteiger partial charge < -0.3 is 5.11 Å². The first-order valence-corrected chi connectivity index (χ1v) is 4.36. The van der Waals surface area contributed by atoms with Crippen LogP contribution in [0.4, 0.5) is 0 Å². The maximum atomic E-state index is 10.6. The molecule has 0 fully saturated rings. The van der Waals surface area contributed by atoms with Crippen LogP contribution in [-0.2, 0) is 4.79 Å². The molecule has 5 nitrogen and oxygen atoms in total. The summed E-state index contributed by atoms with van der Waals surface area (Å²) >= 11 is 0. The van der Waals surface area contributed by atoms with Crippen molar-refractivity contribution in [3.8, 4) is 0 Å². The molecule has 0 radical (unpaired) electrons. The van der Waals surface area contributed by atoms with E-state index in [4.69, 9.17) is 5.11 Å². The minimum atomic E-state index is -1.56. The van der Waals surface area contributed by atoms with E-state index >= 15 is 0 Å². The van der Waals surface area contributed by atoms with E-state index in [1.807, 2.05) is 0 Å². The summed E-state index contributed by atoms with van der Waals surface area (Å²) in [6.07, 6.45) is 2.58. The monoisotopic (exact) mass is 219 g/mol. The van der Waals surface area contributed by atoms with Gasteiger partial charge in [-0.1, -0.05) is 30.9 Å². The second-order valence-corrected chi connectivity index (χ2v) is 2.97. The van der Waals surface area contributed by atoms with Crippen molar-refractivity contribution in [3.05, 3.63) is 57.8 Å². The summed E-state index contributed by atoms with van der Waals surface area (Å²) in [6, 6.07) is 6.62. The van der Waals surface area contributed by atoms with Crippen LogP contribution in [0.25, 0.3) is 12.2 Å². The van der Waals surface area contributed by atoms with Crippen molar-refractivity contribution in [2.75, 3.05) is 0 Å². The molecular weight excluding hydrogens is 210 g/mol. The van der Waals surface area contributed by atoms with Crippen LogP contribution in [0.15, 0.2) is 36.5 Å². The van der Waals surface area contributed by atoms with Crippen molar-refractivity contribution in [2.45, 2.75) is 0 Å². The summed E-state index contributed by atoms with van der Waals surface area (Å²) in [7, 11) is 0. The van der Waals surface area contributed by atoms with Gasteiger partial charge >= 0.3 is 11.7 Å². The molecule has 5 heteroatoms. The van der Waals surface area contributed by atoms with E-state index < -0.39 is 16.6 Å². The van der Waals surface area contributed by atoms with Crippen LogP contribution in [0.2, 0.25) is 0 Å². The van der Waals surface area contributed by atoms with E-state index in [1.54, 1.807) is 30.3 Å². The van der Waals surface area contributed by atoms with Gasteiger partial charge in [0.2, 0.25) is 0 Å². The number of carbonyl (C=O) groups is 1. The number of aliphatic carboxylic acids is 1. The smallest absolute Gasteiger partial charge is 0.407 e. The summed E-state index contributed by atoms with van der Waals surface area (Å²) in [4.78, 5) is 20.1. The Labute approximate surface area is 91.5 Å². The highest BCUT2D eigenvalue weighted by Gasteiger charge is 2.20. The first-order chi connectivity index (χ1) is 7.54. The molecule has 1 rings (SSSR count). The van der Waals surface area contributed by atoms with E-state index in [0.29, 0.717) is 5.56 Å². The predicted molar refractivity (Wildman–Crippen MR) is 59.1 cm³/mol. The summed E-state index contributed by atoms with van der Waals surface area (Å²) in [5.74, 6) is -1.56. The van der Waals surface area contributed by atoms with Crippen molar-refractivity contribution in [1.29, 1.82) is 0 Å². The molecule has 1 aromatic carbocycles. The lowest BCUT2D eigenvalue weighted by Gasteiger charge is -1.96. The second-order valence-electron chi connectivity index (χ2n) is 2.97. The largest absolute Gasteiger partial charge is 0.473 e. The molecule has 0 aromatic heterocycles. The van der Waals surface area contributed by atoms with Gasteiger partial charge in [-0.3, -0.25) is 10.1 Å². The fraction of sp³-hybridized carbons (Fsp3) is 0. The number of carboxylic acids is 1. The molecule has 16 heavy (non-hydrogen) atoms. The van der Waals surface area contributed by atoms with Crippen LogP contribution in [0, 0.1) is 10.1 Å². The van der Waals surface area contributed by atoms with E-state index in [-0.39, 0.29) is 0 Å². The van der Waals surface area contributed by atoms with Gasteiger partial charge in [0.15, 0.2) is 0 Å². The highest BCUT2D eigenvalue weighted by Crippen LogP contribution is 2.11. The molecule has 82 valence electrons. The third-order valence-corrected chi connectivity index (χ3v) is 1.87. The molecule has 0 bridgehead atoms. The Hall–Kier alpha value is -2.43. The maximum Gasteiger partial charge on any atom is 0.407 e. The van der Waals surface area contributed by atoms with Crippen molar-refractivity contribution in [3.63, 3.8) is 0 Å². The molecule has 0 atom stereocenters. The summed E-state index contributed by atoms with van der Waals surface area (Å²) in [6.45, 7) is 3.55. The van der Waals surface area contributed by atoms with Crippen LogP contribution in [0.5, 0.6) is 0 Å². The van der Waals surface area contributed by atoms with Gasteiger partial charge in [0.05, 0.1) is 4.92 Å². The zero-order valence-electron chi connectivity index (χ0n) is 8.29. The van der Waals surface area contributed by atoms with Crippen LogP contribution < -0.4 is 0 Å². The standard InChI is InChI=1S/C11H9NO4/c1-2-8-4-3-5-9(6-8)7-10(11(13)14)12(15)16/h2-7H,1H2,(H,13,14). The summed E-state index contributed by atoms with van der Waals surface area (Å²) in [5, 5.41) is 19.0. The molecule has 0 aliphatic heterocycles. The highest BCUT2D eigenvalue weighted by molar-refractivity contribution is 5.89. The van der Waals surface area contributed by atoms with Crippen LogP contribution in [-0.4, -0.2) is 16.0 Å². The number of hydrogen-bond donors (Lipinski definition) is 1. The number of hydrogen-bond acceptors (Lipinski definition) is 3. The van der Waals surface area contributed by atoms with Crippen molar-refractivity contribution < 1.29 is 14.8 Å².